The molecule has 0 aliphatic rings. The molecule has 0 fully saturated rings. The maximum Gasteiger partial charge on any atom is 0.419 e. The Balaban J connectivity index is 2.16. The summed E-state index contributed by atoms with van der Waals surface area (Å²) >= 11 is 10.2. The van der Waals surface area contributed by atoms with Crippen molar-refractivity contribution in [2.24, 2.45) is 0 Å². The number of nitrogens with zero attached hydrogens (tertiary/aromatic N) is 3. The Morgan fingerprint density at radius 1 is 1.09 bits per heavy atom. The number of rotatable bonds is 4. The van der Waals surface area contributed by atoms with E-state index in [0.29, 0.717) is 6.20 Å². The van der Waals surface area contributed by atoms with Gasteiger partial charge in [-0.1, -0.05) is 44.2 Å². The third-order valence-corrected chi connectivity index (χ3v) is 7.64. The Morgan fingerprint density at radius 3 is 2.36 bits per heavy atom. The number of hydrogen-bond donors (Lipinski definition) is 1. The summed E-state index contributed by atoms with van der Waals surface area (Å²) in [6.07, 6.45) is -4.22. The molecule has 0 N–H and O–H groups in total. The second kappa shape index (κ2) is 8.34. The zero-order chi connectivity index (χ0) is 24.1. The summed E-state index contributed by atoms with van der Waals surface area (Å²) in [7, 11) is -4.20. The van der Waals surface area contributed by atoms with Gasteiger partial charge < -0.3 is 0 Å². The smallest absolute Gasteiger partial charge is 0.227 e. The minimum Gasteiger partial charge on any atom is -0.227 e. The van der Waals surface area contributed by atoms with E-state index < -0.39 is 32.7 Å². The van der Waals surface area contributed by atoms with Crippen LogP contribution >= 0.6 is 24.2 Å². The van der Waals surface area contributed by atoms with Crippen LogP contribution < -0.4 is 0 Å². The van der Waals surface area contributed by atoms with Crippen molar-refractivity contribution in [1.82, 2.24) is 13.9 Å². The van der Waals surface area contributed by atoms with Gasteiger partial charge in [0.1, 0.15) is 5.56 Å². The molecular weight excluding hydrogens is 495 g/mol. The maximum absolute atomic E-state index is 13.8. The van der Waals surface area contributed by atoms with Crippen molar-refractivity contribution in [1.29, 1.82) is 0 Å². The van der Waals surface area contributed by atoms with E-state index in [0.717, 1.165) is 9.54 Å². The zero-order valence-corrected chi connectivity index (χ0v) is 19.8. The highest BCUT2D eigenvalue weighted by atomic mass is 35.5. The van der Waals surface area contributed by atoms with Gasteiger partial charge in [-0.3, -0.25) is 0 Å². The Bertz CT molecular complexity index is 1470. The minimum atomic E-state index is -4.80. The summed E-state index contributed by atoms with van der Waals surface area (Å²) in [6.45, 7) is 3.85. The van der Waals surface area contributed by atoms with Gasteiger partial charge in [0, 0.05) is 17.1 Å². The Labute approximate surface area is 198 Å². The van der Waals surface area contributed by atoms with Crippen LogP contribution in [0, 0.1) is 0 Å². The summed E-state index contributed by atoms with van der Waals surface area (Å²) in [5.74, 6) is 0.0447. The highest BCUT2D eigenvalue weighted by Crippen LogP contribution is 2.44. The van der Waals surface area contributed by atoms with Gasteiger partial charge in [0.25, 0.3) is 10.0 Å². The van der Waals surface area contributed by atoms with E-state index in [1.165, 1.54) is 12.1 Å². The molecule has 5 nitrogen and oxygen atoms in total. The standard InChI is InChI=1S/C22H17ClF3N3O2S2/c1-12(2)13-8-9-15-17(10-13)29(33(30,31)14-6-4-3-5-7-14)20(32)18(15)19-16(22(24,25)26)11-27-21(23)28-19/h3-12,32H,1-2H3. The van der Waals surface area contributed by atoms with E-state index in [1.807, 2.05) is 13.8 Å². The largest absolute Gasteiger partial charge is 0.419 e. The number of benzene rings is 2. The first-order valence-corrected chi connectivity index (χ1v) is 12.0. The molecule has 4 rings (SSSR count). The summed E-state index contributed by atoms with van der Waals surface area (Å²) in [5.41, 5.74) is -0.794. The summed E-state index contributed by atoms with van der Waals surface area (Å²) in [6, 6.07) is 12.5. The van der Waals surface area contributed by atoms with Crippen molar-refractivity contribution in [2.75, 3.05) is 0 Å². The monoisotopic (exact) mass is 511 g/mol. The van der Waals surface area contributed by atoms with Crippen molar-refractivity contribution in [3.63, 3.8) is 0 Å². The van der Waals surface area contributed by atoms with E-state index in [-0.39, 0.29) is 32.3 Å². The fourth-order valence-corrected chi connectivity index (χ4v) is 5.79. The highest BCUT2D eigenvalue weighted by molar-refractivity contribution is 7.91. The molecule has 0 amide bonds. The van der Waals surface area contributed by atoms with Crippen LogP contribution in [-0.4, -0.2) is 22.4 Å². The molecular formula is C22H17ClF3N3O2S2. The molecule has 0 bridgehead atoms. The second-order valence-corrected chi connectivity index (χ2v) is 10.2. The van der Waals surface area contributed by atoms with Crippen LogP contribution in [-0.2, 0) is 16.2 Å². The first kappa shape index (κ1) is 23.6. The minimum absolute atomic E-state index is 0.0320. The number of hydrogen-bond acceptors (Lipinski definition) is 5. The fraction of sp³-hybridized carbons (Fsp3) is 0.182. The number of aromatic nitrogens is 3. The van der Waals surface area contributed by atoms with Gasteiger partial charge in [-0.05, 0) is 41.3 Å². The van der Waals surface area contributed by atoms with Crippen LogP contribution in [0.15, 0.2) is 64.6 Å². The van der Waals surface area contributed by atoms with E-state index in [1.54, 1.807) is 36.4 Å². The quantitative estimate of drug-likeness (QED) is 0.254. The fourth-order valence-electron chi connectivity index (χ4n) is 3.56. The molecule has 0 atom stereocenters. The van der Waals surface area contributed by atoms with E-state index in [4.69, 9.17) is 11.6 Å². The molecule has 0 unspecified atom stereocenters. The molecule has 0 aliphatic carbocycles. The summed E-state index contributed by atoms with van der Waals surface area (Å²) in [4.78, 5) is 7.26. The van der Waals surface area contributed by atoms with Crippen molar-refractivity contribution in [2.45, 2.75) is 35.9 Å². The molecule has 0 saturated carbocycles. The van der Waals surface area contributed by atoms with Crippen LogP contribution in [0.1, 0.15) is 30.9 Å². The van der Waals surface area contributed by atoms with Crippen molar-refractivity contribution in [3.8, 4) is 11.3 Å². The van der Waals surface area contributed by atoms with Crippen LogP contribution in [0.3, 0.4) is 0 Å². The molecule has 2 aromatic heterocycles. The van der Waals surface area contributed by atoms with Gasteiger partial charge in [0.15, 0.2) is 0 Å². The molecule has 0 radical (unpaired) electrons. The lowest BCUT2D eigenvalue weighted by Gasteiger charge is -2.12. The van der Waals surface area contributed by atoms with E-state index in [2.05, 4.69) is 22.6 Å². The third-order valence-electron chi connectivity index (χ3n) is 5.18. The van der Waals surface area contributed by atoms with E-state index in [9.17, 15) is 21.6 Å². The molecule has 11 heteroatoms. The summed E-state index contributed by atoms with van der Waals surface area (Å²) in [5, 5.41) is -0.379. The Kier molecular flexibility index (Phi) is 5.96. The number of thiol groups is 1. The van der Waals surface area contributed by atoms with Gasteiger partial charge in [-0.25, -0.2) is 22.4 Å². The van der Waals surface area contributed by atoms with Gasteiger partial charge in [-0.15, -0.1) is 12.6 Å². The molecule has 0 spiro atoms. The van der Waals surface area contributed by atoms with Gasteiger partial charge in [0.2, 0.25) is 5.28 Å². The van der Waals surface area contributed by atoms with Crippen LogP contribution in [0.2, 0.25) is 5.28 Å². The first-order chi connectivity index (χ1) is 15.4. The van der Waals surface area contributed by atoms with Gasteiger partial charge in [-0.2, -0.15) is 13.2 Å². The third kappa shape index (κ3) is 4.11. The lowest BCUT2D eigenvalue weighted by atomic mass is 10.00. The number of alkyl halides is 3. The second-order valence-electron chi connectivity index (χ2n) is 7.61. The normalized spacial score (nSPS) is 12.6. The van der Waals surface area contributed by atoms with Crippen molar-refractivity contribution in [3.05, 3.63) is 71.1 Å². The average Bonchev–Trinajstić information content (AvgIpc) is 3.04. The maximum atomic E-state index is 13.8. The Hall–Kier alpha value is -2.56. The van der Waals surface area contributed by atoms with Crippen LogP contribution in [0.5, 0.6) is 0 Å². The molecule has 4 aromatic rings. The Morgan fingerprint density at radius 2 is 1.76 bits per heavy atom. The molecule has 0 aliphatic heterocycles. The predicted octanol–water partition coefficient (Wildman–Crippen LogP) is 6.42. The lowest BCUT2D eigenvalue weighted by Crippen LogP contribution is -2.14. The predicted molar refractivity (Wildman–Crippen MR) is 123 cm³/mol. The number of fused-ring (bicyclic) bond motifs is 1. The van der Waals surface area contributed by atoms with Crippen LogP contribution in [0.25, 0.3) is 22.2 Å². The van der Waals surface area contributed by atoms with Crippen molar-refractivity contribution >= 4 is 45.2 Å². The molecule has 2 aromatic carbocycles. The van der Waals surface area contributed by atoms with Crippen LogP contribution in [0.4, 0.5) is 13.2 Å². The SMILES string of the molecule is CC(C)c1ccc2c(-c3nc(Cl)ncc3C(F)(F)F)c(S)n(S(=O)(=O)c3ccccc3)c2c1. The van der Waals surface area contributed by atoms with Crippen molar-refractivity contribution < 1.29 is 21.6 Å². The average molecular weight is 512 g/mol. The zero-order valence-electron chi connectivity index (χ0n) is 17.3. The molecule has 172 valence electrons. The topological polar surface area (TPSA) is 64.8 Å². The lowest BCUT2D eigenvalue weighted by molar-refractivity contribution is -0.137. The first-order valence-electron chi connectivity index (χ1n) is 9.71. The number of halogens is 4. The van der Waals surface area contributed by atoms with Gasteiger partial charge >= 0.3 is 6.18 Å². The highest BCUT2D eigenvalue weighted by Gasteiger charge is 2.38. The molecule has 0 saturated heterocycles. The molecule has 2 heterocycles. The molecule has 33 heavy (non-hydrogen) atoms. The summed E-state index contributed by atoms with van der Waals surface area (Å²) < 4.78 is 69.5. The van der Waals surface area contributed by atoms with E-state index >= 15 is 0 Å². The van der Waals surface area contributed by atoms with Gasteiger partial charge in [0.05, 0.1) is 21.1 Å².